The van der Waals surface area contributed by atoms with E-state index in [-0.39, 0.29) is 18.4 Å². The molecule has 4 atom stereocenters. The maximum absolute atomic E-state index is 10.4. The van der Waals surface area contributed by atoms with Crippen LogP contribution in [0, 0.1) is 5.92 Å². The molecule has 3 N–H and O–H groups in total. The fourth-order valence-electron chi connectivity index (χ4n) is 2.85. The summed E-state index contributed by atoms with van der Waals surface area (Å²) in [5.74, 6) is -0.787. The lowest BCUT2D eigenvalue weighted by Crippen LogP contribution is -2.22. The molecule has 1 aliphatic rings. The molecule has 0 radical (unpaired) electrons. The molecule has 5 heteroatoms. The first-order valence-electron chi connectivity index (χ1n) is 9.07. The molecular weight excluding hydrogens is 308 g/mol. The monoisotopic (exact) mass is 340 g/mol. The molecule has 0 aromatic carbocycles. The van der Waals surface area contributed by atoms with Crippen LogP contribution in [0.1, 0.15) is 58.3 Å². The van der Waals surface area contributed by atoms with Crippen molar-refractivity contribution in [2.45, 2.75) is 76.6 Å². The number of aliphatic hydroxyl groups is 2. The number of hydrogen-bond donors (Lipinski definition) is 3. The predicted molar refractivity (Wildman–Crippen MR) is 93.8 cm³/mol. The number of unbranched alkanes of at least 4 members (excludes halogenated alkanes) is 3. The van der Waals surface area contributed by atoms with Gasteiger partial charge in [0.25, 0.3) is 0 Å². The number of carboxylic acids is 1. The van der Waals surface area contributed by atoms with E-state index in [9.17, 15) is 15.0 Å². The van der Waals surface area contributed by atoms with E-state index in [4.69, 9.17) is 9.84 Å². The van der Waals surface area contributed by atoms with Gasteiger partial charge in [-0.25, -0.2) is 0 Å². The number of allylic oxidation sites excluding steroid dienone is 2. The van der Waals surface area contributed by atoms with Gasteiger partial charge in [-0.2, -0.15) is 0 Å². The summed E-state index contributed by atoms with van der Waals surface area (Å²) in [6, 6.07) is 0. The predicted octanol–water partition coefficient (Wildman–Crippen LogP) is 3.06. The molecule has 1 aliphatic heterocycles. The van der Waals surface area contributed by atoms with Gasteiger partial charge >= 0.3 is 5.97 Å². The molecule has 0 aromatic rings. The Labute approximate surface area is 145 Å². The van der Waals surface area contributed by atoms with Crippen LogP contribution in [0.3, 0.4) is 0 Å². The zero-order valence-electron chi connectivity index (χ0n) is 14.6. The average Bonchev–Trinajstić information content (AvgIpc) is 2.89. The summed E-state index contributed by atoms with van der Waals surface area (Å²) in [5, 5.41) is 28.6. The number of aliphatic carboxylic acids is 1. The quantitative estimate of drug-likeness (QED) is 0.375. The van der Waals surface area contributed by atoms with Gasteiger partial charge in [0.05, 0.1) is 24.9 Å². The summed E-state index contributed by atoms with van der Waals surface area (Å²) in [7, 11) is 0. The van der Waals surface area contributed by atoms with E-state index in [1.54, 1.807) is 6.08 Å². The molecule has 1 saturated heterocycles. The van der Waals surface area contributed by atoms with Crippen LogP contribution in [0.4, 0.5) is 0 Å². The van der Waals surface area contributed by atoms with E-state index < -0.39 is 18.2 Å². The second kappa shape index (κ2) is 12.2. The van der Waals surface area contributed by atoms with Crippen molar-refractivity contribution < 1.29 is 24.9 Å². The van der Waals surface area contributed by atoms with Crippen LogP contribution in [0.2, 0.25) is 0 Å². The number of hydrogen-bond acceptors (Lipinski definition) is 4. The minimum Gasteiger partial charge on any atom is -0.481 e. The first-order valence-corrected chi connectivity index (χ1v) is 9.07. The smallest absolute Gasteiger partial charge is 0.303 e. The zero-order valence-corrected chi connectivity index (χ0v) is 14.6. The Hall–Kier alpha value is -1.17. The van der Waals surface area contributed by atoms with Gasteiger partial charge in [-0.3, -0.25) is 4.79 Å². The third-order valence-electron chi connectivity index (χ3n) is 4.34. The molecule has 1 heterocycles. The van der Waals surface area contributed by atoms with Crippen molar-refractivity contribution >= 4 is 5.97 Å². The fraction of sp³-hybridized carbons (Fsp3) is 0.737. The van der Waals surface area contributed by atoms with Crippen molar-refractivity contribution in [3.8, 4) is 0 Å². The molecule has 0 amide bonds. The molecular formula is C19H32O5. The first-order chi connectivity index (χ1) is 11.5. The molecule has 0 bridgehead atoms. The maximum atomic E-state index is 10.4. The number of aliphatic hydroxyl groups excluding tert-OH is 2. The van der Waals surface area contributed by atoms with Crippen LogP contribution in [-0.2, 0) is 9.53 Å². The van der Waals surface area contributed by atoms with E-state index in [0.717, 1.165) is 32.1 Å². The van der Waals surface area contributed by atoms with Crippen LogP contribution in [0.5, 0.6) is 0 Å². The summed E-state index contributed by atoms with van der Waals surface area (Å²) < 4.78 is 5.60. The molecule has 1 rings (SSSR count). The van der Waals surface area contributed by atoms with Gasteiger partial charge in [0.1, 0.15) is 0 Å². The third-order valence-corrected chi connectivity index (χ3v) is 4.34. The highest BCUT2D eigenvalue weighted by Crippen LogP contribution is 2.26. The highest BCUT2D eigenvalue weighted by atomic mass is 16.5. The van der Waals surface area contributed by atoms with E-state index in [1.165, 1.54) is 0 Å². The van der Waals surface area contributed by atoms with Crippen LogP contribution >= 0.6 is 0 Å². The van der Waals surface area contributed by atoms with Gasteiger partial charge in [-0.15, -0.1) is 0 Å². The highest BCUT2D eigenvalue weighted by Gasteiger charge is 2.33. The van der Waals surface area contributed by atoms with Crippen molar-refractivity contribution in [1.82, 2.24) is 0 Å². The normalized spacial score (nSPS) is 25.7. The Morgan fingerprint density at radius 2 is 2.08 bits per heavy atom. The lowest BCUT2D eigenvalue weighted by atomic mass is 9.94. The Bertz CT molecular complexity index is 405. The standard InChI is InChI=1S/C19H32O5/c1-2-3-6-9-15(20)12-13-18-16(17(21)14-24-18)10-7-4-5-8-11-19(22)23/h4,7,12-13,15-18,20-21H,2-3,5-6,8-11,14H2,1H3,(H,22,23)/b7-4-,13-12+/t15-,16-,17-,18+/m1/s1. The second-order valence-electron chi connectivity index (χ2n) is 6.47. The van der Waals surface area contributed by atoms with Crippen LogP contribution < -0.4 is 0 Å². The molecule has 0 aromatic heterocycles. The summed E-state index contributed by atoms with van der Waals surface area (Å²) in [6.45, 7) is 2.45. The number of carbonyl (C=O) groups is 1. The Balaban J connectivity index is 2.35. The van der Waals surface area contributed by atoms with Crippen molar-refractivity contribution in [2.24, 2.45) is 5.92 Å². The van der Waals surface area contributed by atoms with Crippen LogP contribution in [0.25, 0.3) is 0 Å². The Morgan fingerprint density at radius 3 is 2.79 bits per heavy atom. The molecule has 0 unspecified atom stereocenters. The van der Waals surface area contributed by atoms with Gasteiger partial charge in [0.15, 0.2) is 0 Å². The molecule has 0 saturated carbocycles. The summed E-state index contributed by atoms with van der Waals surface area (Å²) in [6.07, 6.45) is 12.7. The Kier molecular flexibility index (Phi) is 10.6. The Morgan fingerprint density at radius 1 is 1.29 bits per heavy atom. The molecule has 138 valence electrons. The molecule has 1 fully saturated rings. The van der Waals surface area contributed by atoms with E-state index in [0.29, 0.717) is 19.4 Å². The molecule has 24 heavy (non-hydrogen) atoms. The summed E-state index contributed by atoms with van der Waals surface area (Å²) >= 11 is 0. The van der Waals surface area contributed by atoms with Gasteiger partial charge in [-0.05, 0) is 25.7 Å². The van der Waals surface area contributed by atoms with Crippen molar-refractivity contribution in [3.63, 3.8) is 0 Å². The molecule has 0 aliphatic carbocycles. The van der Waals surface area contributed by atoms with Crippen molar-refractivity contribution in [3.05, 3.63) is 24.3 Å². The van der Waals surface area contributed by atoms with Gasteiger partial charge < -0.3 is 20.1 Å². The summed E-state index contributed by atoms with van der Waals surface area (Å²) in [4.78, 5) is 10.4. The fourth-order valence-corrected chi connectivity index (χ4v) is 2.85. The number of ether oxygens (including phenoxy) is 1. The van der Waals surface area contributed by atoms with Gasteiger partial charge in [-0.1, -0.05) is 50.5 Å². The SMILES string of the molecule is CCCCC[C@@H](O)/C=C/[C@@H]1OC[C@@H](O)[C@H]1C/C=C\CCCC(=O)O. The minimum absolute atomic E-state index is 0.0141. The minimum atomic E-state index is -0.772. The lowest BCUT2D eigenvalue weighted by Gasteiger charge is -2.16. The third kappa shape index (κ3) is 8.62. The average molecular weight is 340 g/mol. The van der Waals surface area contributed by atoms with Gasteiger partial charge in [0.2, 0.25) is 0 Å². The molecule has 5 nitrogen and oxygen atoms in total. The largest absolute Gasteiger partial charge is 0.481 e. The number of carboxylic acid groups (broad SMARTS) is 1. The van der Waals surface area contributed by atoms with Crippen molar-refractivity contribution in [1.29, 1.82) is 0 Å². The van der Waals surface area contributed by atoms with Gasteiger partial charge in [0, 0.05) is 12.3 Å². The maximum Gasteiger partial charge on any atom is 0.303 e. The summed E-state index contributed by atoms with van der Waals surface area (Å²) in [5.41, 5.74) is 0. The van der Waals surface area contributed by atoms with Crippen LogP contribution in [0.15, 0.2) is 24.3 Å². The van der Waals surface area contributed by atoms with E-state index in [1.807, 2.05) is 18.2 Å². The van der Waals surface area contributed by atoms with E-state index >= 15 is 0 Å². The van der Waals surface area contributed by atoms with E-state index in [2.05, 4.69) is 6.92 Å². The molecule has 0 spiro atoms. The van der Waals surface area contributed by atoms with Crippen LogP contribution in [-0.4, -0.2) is 46.2 Å². The number of rotatable bonds is 12. The van der Waals surface area contributed by atoms with Crippen molar-refractivity contribution in [2.75, 3.05) is 6.61 Å². The first kappa shape index (κ1) is 20.9. The lowest BCUT2D eigenvalue weighted by molar-refractivity contribution is -0.137. The second-order valence-corrected chi connectivity index (χ2v) is 6.47. The zero-order chi connectivity index (χ0) is 17.8. The highest BCUT2D eigenvalue weighted by molar-refractivity contribution is 5.66. The topological polar surface area (TPSA) is 87.0 Å².